The van der Waals surface area contributed by atoms with E-state index in [1.165, 1.54) is 0 Å². The van der Waals surface area contributed by atoms with Gasteiger partial charge in [0.2, 0.25) is 5.95 Å². The number of hydrogen-bond donors (Lipinski definition) is 4. The molecule has 3 fully saturated rings. The van der Waals surface area contributed by atoms with Crippen LogP contribution in [0.3, 0.4) is 0 Å². The van der Waals surface area contributed by atoms with Gasteiger partial charge in [0.1, 0.15) is 11.4 Å². The van der Waals surface area contributed by atoms with E-state index in [2.05, 4.69) is 44.8 Å². The van der Waals surface area contributed by atoms with Crippen molar-refractivity contribution in [2.24, 2.45) is 0 Å². The summed E-state index contributed by atoms with van der Waals surface area (Å²) < 4.78 is 5.85. The summed E-state index contributed by atoms with van der Waals surface area (Å²) in [5.41, 5.74) is 3.61. The number of aliphatic hydroxyl groups excluding tert-OH is 1. The molecule has 222 valence electrons. The standard InChI is InChI=1S/C32H36N8O3/c1-31(2)19-34-27(42)22-9-8-21(16-24(22)31)35-30-33-17-23(26(37-30)36-25(18-41)20-6-4-3-5-7-20)28-38-29(39-43-28)32-10-13-40(14-11-32)15-12-32/h3-9,16-17,25,41H,10-15,18-19H2,1-2H3,(H,34,42)(H2,33,35,36,37)/t25-/m1/s1. The fraction of sp³-hybridized carbons (Fsp3) is 0.406. The Kier molecular flexibility index (Phi) is 6.86. The lowest BCUT2D eigenvalue weighted by molar-refractivity contribution is 0.0747. The van der Waals surface area contributed by atoms with Gasteiger partial charge in [0.15, 0.2) is 5.82 Å². The van der Waals surface area contributed by atoms with Crippen molar-refractivity contribution in [1.29, 1.82) is 0 Å². The van der Waals surface area contributed by atoms with Crippen LogP contribution >= 0.6 is 0 Å². The lowest BCUT2D eigenvalue weighted by atomic mass is 9.71. The van der Waals surface area contributed by atoms with E-state index in [1.54, 1.807) is 6.20 Å². The molecule has 2 aromatic heterocycles. The van der Waals surface area contributed by atoms with Gasteiger partial charge in [-0.3, -0.25) is 4.79 Å². The first-order valence-electron chi connectivity index (χ1n) is 14.9. The van der Waals surface area contributed by atoms with Crippen LogP contribution in [0, 0.1) is 0 Å². The van der Waals surface area contributed by atoms with Gasteiger partial charge in [-0.2, -0.15) is 9.97 Å². The highest BCUT2D eigenvalue weighted by Crippen LogP contribution is 2.42. The third kappa shape index (κ3) is 5.12. The zero-order valence-electron chi connectivity index (χ0n) is 24.4. The number of carbonyl (C=O) groups excluding carboxylic acids is 1. The number of piperidine rings is 3. The van der Waals surface area contributed by atoms with E-state index in [0.29, 0.717) is 35.3 Å². The van der Waals surface area contributed by atoms with Crippen molar-refractivity contribution in [1.82, 2.24) is 30.3 Å². The Morgan fingerprint density at radius 3 is 2.56 bits per heavy atom. The SMILES string of the molecule is CC1(C)CNC(=O)c2ccc(Nc3ncc(-c4nc(C56CCN(CC5)CC6)no4)c(N[C@H](CO)c4ccccc4)n3)cc21. The number of carbonyl (C=O) groups is 1. The van der Waals surface area contributed by atoms with Gasteiger partial charge in [-0.25, -0.2) is 4.98 Å². The lowest BCUT2D eigenvalue weighted by Gasteiger charge is -2.46. The molecule has 8 rings (SSSR count). The quantitative estimate of drug-likeness (QED) is 0.240. The monoisotopic (exact) mass is 580 g/mol. The van der Waals surface area contributed by atoms with Crippen LogP contribution in [-0.4, -0.2) is 68.8 Å². The Morgan fingerprint density at radius 1 is 1.05 bits per heavy atom. The molecule has 11 heteroatoms. The fourth-order valence-corrected chi connectivity index (χ4v) is 6.50. The van der Waals surface area contributed by atoms with Crippen LogP contribution in [0.5, 0.6) is 0 Å². The maximum atomic E-state index is 12.4. The Bertz CT molecular complexity index is 1630. The molecule has 0 aliphatic carbocycles. The molecule has 0 saturated carbocycles. The van der Waals surface area contributed by atoms with Crippen molar-refractivity contribution < 1.29 is 14.4 Å². The number of aromatic nitrogens is 4. The first-order valence-corrected chi connectivity index (χ1v) is 14.9. The predicted molar refractivity (Wildman–Crippen MR) is 162 cm³/mol. The largest absolute Gasteiger partial charge is 0.394 e. The second-order valence-electron chi connectivity index (χ2n) is 12.5. The normalized spacial score (nSPS) is 22.9. The molecule has 4 aromatic rings. The molecule has 6 heterocycles. The summed E-state index contributed by atoms with van der Waals surface area (Å²) >= 11 is 0. The summed E-state index contributed by atoms with van der Waals surface area (Å²) in [5.74, 6) is 1.84. The van der Waals surface area contributed by atoms with E-state index >= 15 is 0 Å². The minimum atomic E-state index is -0.422. The summed E-state index contributed by atoms with van der Waals surface area (Å²) in [6, 6.07) is 15.0. The molecule has 11 nitrogen and oxygen atoms in total. The van der Waals surface area contributed by atoms with Crippen molar-refractivity contribution in [3.8, 4) is 11.5 Å². The van der Waals surface area contributed by atoms with Crippen LogP contribution in [-0.2, 0) is 10.8 Å². The molecule has 2 bridgehead atoms. The highest BCUT2D eigenvalue weighted by molar-refractivity contribution is 5.98. The first-order chi connectivity index (χ1) is 20.8. The molecule has 0 radical (unpaired) electrons. The second-order valence-corrected chi connectivity index (χ2v) is 12.5. The Labute approximate surface area is 250 Å². The van der Waals surface area contributed by atoms with Gasteiger partial charge in [-0.15, -0.1) is 0 Å². The van der Waals surface area contributed by atoms with Gasteiger partial charge in [-0.05, 0) is 68.2 Å². The van der Waals surface area contributed by atoms with Gasteiger partial charge in [0.25, 0.3) is 11.8 Å². The molecule has 0 spiro atoms. The molecule has 4 aliphatic rings. The predicted octanol–water partition coefficient (Wildman–Crippen LogP) is 4.17. The summed E-state index contributed by atoms with van der Waals surface area (Å²) in [7, 11) is 0. The van der Waals surface area contributed by atoms with Gasteiger partial charge in [-0.1, -0.05) is 49.3 Å². The van der Waals surface area contributed by atoms with Crippen molar-refractivity contribution >= 4 is 23.4 Å². The third-order valence-corrected chi connectivity index (χ3v) is 9.28. The topological polar surface area (TPSA) is 141 Å². The van der Waals surface area contributed by atoms with Gasteiger partial charge in [0.05, 0.1) is 12.6 Å². The summed E-state index contributed by atoms with van der Waals surface area (Å²) in [5, 5.41) is 24.4. The number of hydrogen-bond acceptors (Lipinski definition) is 10. The van der Waals surface area contributed by atoms with Crippen LogP contribution in [0.15, 0.2) is 59.3 Å². The van der Waals surface area contributed by atoms with Crippen LogP contribution in [0.4, 0.5) is 17.5 Å². The maximum absolute atomic E-state index is 12.4. The number of benzene rings is 2. The van der Waals surface area contributed by atoms with Crippen molar-refractivity contribution in [2.75, 3.05) is 43.4 Å². The summed E-state index contributed by atoms with van der Waals surface area (Å²) in [6.07, 6.45) is 4.74. The highest BCUT2D eigenvalue weighted by Gasteiger charge is 2.44. The van der Waals surface area contributed by atoms with E-state index in [4.69, 9.17) is 14.5 Å². The van der Waals surface area contributed by atoms with Crippen LogP contribution in [0.25, 0.3) is 11.5 Å². The number of fused-ring (bicyclic) bond motifs is 4. The van der Waals surface area contributed by atoms with Crippen molar-refractivity contribution in [3.63, 3.8) is 0 Å². The molecule has 4 N–H and O–H groups in total. The molecule has 2 aromatic carbocycles. The fourth-order valence-electron chi connectivity index (χ4n) is 6.50. The lowest BCUT2D eigenvalue weighted by Crippen LogP contribution is -2.51. The average Bonchev–Trinajstić information content (AvgIpc) is 3.55. The molecular weight excluding hydrogens is 544 g/mol. The molecule has 0 unspecified atom stereocenters. The summed E-state index contributed by atoms with van der Waals surface area (Å²) in [4.78, 5) is 29.3. The van der Waals surface area contributed by atoms with E-state index in [9.17, 15) is 9.90 Å². The summed E-state index contributed by atoms with van der Waals surface area (Å²) in [6.45, 7) is 7.80. The molecule has 4 aliphatic heterocycles. The molecule has 1 atom stereocenters. The third-order valence-electron chi connectivity index (χ3n) is 9.28. The number of nitrogens with zero attached hydrogens (tertiary/aromatic N) is 5. The minimum absolute atomic E-state index is 0.0543. The minimum Gasteiger partial charge on any atom is -0.394 e. The van der Waals surface area contributed by atoms with Gasteiger partial charge in [0, 0.05) is 34.8 Å². The van der Waals surface area contributed by atoms with E-state index in [-0.39, 0.29) is 23.3 Å². The molecule has 1 amide bonds. The van der Waals surface area contributed by atoms with Crippen LogP contribution in [0.1, 0.15) is 66.5 Å². The zero-order valence-corrected chi connectivity index (χ0v) is 24.4. The number of anilines is 3. The van der Waals surface area contributed by atoms with Crippen LogP contribution in [0.2, 0.25) is 0 Å². The number of rotatable bonds is 8. The Balaban J connectivity index is 1.23. The van der Waals surface area contributed by atoms with E-state index in [0.717, 1.165) is 61.5 Å². The maximum Gasteiger partial charge on any atom is 0.263 e. The van der Waals surface area contributed by atoms with E-state index < -0.39 is 6.04 Å². The Morgan fingerprint density at radius 2 is 1.81 bits per heavy atom. The smallest absolute Gasteiger partial charge is 0.263 e. The molecule has 43 heavy (non-hydrogen) atoms. The van der Waals surface area contributed by atoms with Crippen molar-refractivity contribution in [2.45, 2.75) is 50.0 Å². The van der Waals surface area contributed by atoms with Gasteiger partial charge < -0.3 is 30.5 Å². The molecule has 3 saturated heterocycles. The highest BCUT2D eigenvalue weighted by atomic mass is 16.5. The van der Waals surface area contributed by atoms with Crippen LogP contribution < -0.4 is 16.0 Å². The zero-order chi connectivity index (χ0) is 29.6. The number of nitrogens with one attached hydrogen (secondary N) is 3. The Hall–Kier alpha value is -4.35. The van der Waals surface area contributed by atoms with Crippen molar-refractivity contribution in [3.05, 3.63) is 77.2 Å². The number of aliphatic hydroxyl groups is 1. The molecular formula is C32H36N8O3. The average molecular weight is 581 g/mol. The number of amides is 1. The van der Waals surface area contributed by atoms with E-state index in [1.807, 2.05) is 48.5 Å². The first kappa shape index (κ1) is 27.5. The second kappa shape index (κ2) is 10.7. The van der Waals surface area contributed by atoms with Gasteiger partial charge >= 0.3 is 0 Å².